The first kappa shape index (κ1) is 34.7. The predicted molar refractivity (Wildman–Crippen MR) is 178 cm³/mol. The van der Waals surface area contributed by atoms with Crippen molar-refractivity contribution in [3.63, 3.8) is 0 Å². The van der Waals surface area contributed by atoms with Crippen LogP contribution in [-0.4, -0.2) is 91.7 Å². The van der Waals surface area contributed by atoms with Crippen LogP contribution in [0.4, 0.5) is 4.39 Å². The topological polar surface area (TPSA) is 154 Å². The van der Waals surface area contributed by atoms with Crippen molar-refractivity contribution >= 4 is 38.0 Å². The highest BCUT2D eigenvalue weighted by Crippen LogP contribution is 2.51. The van der Waals surface area contributed by atoms with Gasteiger partial charge in [-0.05, 0) is 77.0 Å². The zero-order valence-corrected chi connectivity index (χ0v) is 28.9. The summed E-state index contributed by atoms with van der Waals surface area (Å²) in [5, 5.41) is 20.7. The SMILES string of the molecule is CCCN(CCc1ccccc1)Cc1cc(O[SiH](C)C)c2c(c1F)CC1CC3C(N(C)C)C(=O)C(C(N)=O)C(=N)C3(O)C(=O)C1C2=O. The Balaban J connectivity index is 1.55. The van der Waals surface area contributed by atoms with Gasteiger partial charge in [0.2, 0.25) is 14.9 Å². The fourth-order valence-electron chi connectivity index (χ4n) is 7.97. The number of primary amides is 1. The van der Waals surface area contributed by atoms with E-state index < -0.39 is 79.1 Å². The van der Waals surface area contributed by atoms with Crippen molar-refractivity contribution in [2.24, 2.45) is 29.4 Å². The largest absolute Gasteiger partial charge is 0.546 e. The first-order valence-corrected chi connectivity index (χ1v) is 19.2. The van der Waals surface area contributed by atoms with Crippen LogP contribution >= 0.6 is 0 Å². The standard InChI is InChI=1S/C35H45FN4O6Si/c1-6-13-40(14-12-19-10-8-7-9-11-19)18-21-17-24(46-47(4)5)26-22(28(21)36)15-20-16-23-29(39(2)3)31(42)27(34(38)44)32(37)35(23,45)33(43)25(20)30(26)41/h7-11,17,20,23,25,27,29,37,45,47H,6,12-16,18H2,1-5H3,(H2,38,44). The minimum absolute atomic E-state index is 0.00163. The maximum absolute atomic E-state index is 16.6. The monoisotopic (exact) mass is 664 g/mol. The van der Waals surface area contributed by atoms with Crippen LogP contribution in [0.2, 0.25) is 13.1 Å². The molecule has 47 heavy (non-hydrogen) atoms. The smallest absolute Gasteiger partial charge is 0.233 e. The van der Waals surface area contributed by atoms with Crippen molar-refractivity contribution in [1.29, 1.82) is 5.41 Å². The third kappa shape index (κ3) is 6.12. The van der Waals surface area contributed by atoms with Crippen LogP contribution in [0.3, 0.4) is 0 Å². The fourth-order valence-corrected chi connectivity index (χ4v) is 8.66. The van der Waals surface area contributed by atoms with Gasteiger partial charge in [-0.3, -0.25) is 29.0 Å². The van der Waals surface area contributed by atoms with Gasteiger partial charge >= 0.3 is 0 Å². The number of likely N-dealkylation sites (N-methyl/N-ethyl adjacent to an activating group) is 1. The van der Waals surface area contributed by atoms with Crippen LogP contribution in [0.15, 0.2) is 36.4 Å². The lowest BCUT2D eigenvalue weighted by Gasteiger charge is -2.53. The Kier molecular flexibility index (Phi) is 9.98. The van der Waals surface area contributed by atoms with E-state index in [1.807, 2.05) is 31.3 Å². The number of Topliss-reactive ketones (excluding diaryl/α,β-unsaturated/α-hetero) is 3. The molecule has 10 nitrogen and oxygen atoms in total. The van der Waals surface area contributed by atoms with Gasteiger partial charge in [-0.2, -0.15) is 0 Å². The minimum Gasteiger partial charge on any atom is -0.546 e. The Labute approximate surface area is 276 Å². The van der Waals surface area contributed by atoms with Gasteiger partial charge in [-0.1, -0.05) is 37.3 Å². The van der Waals surface area contributed by atoms with Crippen LogP contribution in [0.25, 0.3) is 0 Å². The van der Waals surface area contributed by atoms with E-state index in [2.05, 4.69) is 24.0 Å². The molecule has 2 saturated carbocycles. The molecule has 3 aliphatic rings. The van der Waals surface area contributed by atoms with E-state index in [4.69, 9.17) is 15.6 Å². The highest BCUT2D eigenvalue weighted by molar-refractivity contribution is 6.49. The van der Waals surface area contributed by atoms with Crippen LogP contribution in [0.1, 0.15) is 46.8 Å². The van der Waals surface area contributed by atoms with Crippen molar-refractivity contribution in [1.82, 2.24) is 9.80 Å². The molecule has 6 unspecified atom stereocenters. The summed E-state index contributed by atoms with van der Waals surface area (Å²) in [5.74, 6) is -8.72. The first-order chi connectivity index (χ1) is 22.2. The fraction of sp³-hybridized carbons (Fsp3) is 0.514. The van der Waals surface area contributed by atoms with E-state index in [0.717, 1.165) is 19.4 Å². The molecule has 2 aromatic carbocycles. The molecule has 0 bridgehead atoms. The number of ketones is 3. The Hall–Kier alpha value is -3.58. The van der Waals surface area contributed by atoms with Gasteiger partial charge in [0.1, 0.15) is 17.5 Å². The first-order valence-electron chi connectivity index (χ1n) is 16.4. The number of hydrogen-bond acceptors (Lipinski definition) is 9. The van der Waals surface area contributed by atoms with E-state index in [1.165, 1.54) is 10.5 Å². The molecular formula is C35H45FN4O6Si. The molecule has 2 fully saturated rings. The number of carbonyl (C=O) groups is 4. The van der Waals surface area contributed by atoms with Gasteiger partial charge in [0.25, 0.3) is 0 Å². The van der Waals surface area contributed by atoms with Gasteiger partial charge < -0.3 is 20.7 Å². The van der Waals surface area contributed by atoms with Gasteiger partial charge in [0, 0.05) is 30.1 Å². The van der Waals surface area contributed by atoms with Crippen molar-refractivity contribution in [3.05, 3.63) is 64.5 Å². The van der Waals surface area contributed by atoms with Gasteiger partial charge in [0.15, 0.2) is 23.0 Å². The zero-order valence-electron chi connectivity index (χ0n) is 27.7. The average molecular weight is 665 g/mol. The molecule has 3 aliphatic carbocycles. The summed E-state index contributed by atoms with van der Waals surface area (Å²) < 4.78 is 22.9. The normalized spacial score (nSPS) is 27.2. The molecule has 0 radical (unpaired) electrons. The summed E-state index contributed by atoms with van der Waals surface area (Å²) >= 11 is 0. The predicted octanol–water partition coefficient (Wildman–Crippen LogP) is 2.57. The molecule has 1 amide bonds. The molecule has 2 aromatic rings. The van der Waals surface area contributed by atoms with Crippen LogP contribution in [0, 0.1) is 34.9 Å². The summed E-state index contributed by atoms with van der Waals surface area (Å²) in [5.41, 5.74) is 3.92. The molecule has 0 aliphatic heterocycles. The second-order valence-corrected chi connectivity index (χ2v) is 16.1. The lowest BCUT2D eigenvalue weighted by Crippen LogP contribution is -2.73. The molecule has 12 heteroatoms. The van der Waals surface area contributed by atoms with E-state index in [0.29, 0.717) is 18.7 Å². The summed E-state index contributed by atoms with van der Waals surface area (Å²) in [7, 11) is 1.35. The zero-order chi connectivity index (χ0) is 34.4. The van der Waals surface area contributed by atoms with Gasteiger partial charge in [0.05, 0.1) is 23.2 Å². The number of hydrogen-bond donors (Lipinski definition) is 3. The van der Waals surface area contributed by atoms with E-state index in [9.17, 15) is 24.3 Å². The number of halogens is 1. The molecular weight excluding hydrogens is 619 g/mol. The number of nitrogens with one attached hydrogen (secondary N) is 1. The number of nitrogens with zero attached hydrogens (tertiary/aromatic N) is 2. The molecule has 0 aromatic heterocycles. The number of benzene rings is 2. The summed E-state index contributed by atoms with van der Waals surface area (Å²) in [4.78, 5) is 58.0. The summed E-state index contributed by atoms with van der Waals surface area (Å²) in [6.45, 7) is 7.69. The Bertz CT molecular complexity index is 1600. The second-order valence-electron chi connectivity index (χ2n) is 13.7. The quantitative estimate of drug-likeness (QED) is 0.245. The molecule has 252 valence electrons. The van der Waals surface area contributed by atoms with Gasteiger partial charge in [-0.25, -0.2) is 4.39 Å². The van der Waals surface area contributed by atoms with Crippen molar-refractivity contribution in [2.45, 2.75) is 63.9 Å². The van der Waals surface area contributed by atoms with Crippen molar-refractivity contribution in [3.8, 4) is 5.75 Å². The highest BCUT2D eigenvalue weighted by Gasteiger charge is 2.67. The molecule has 4 N–H and O–H groups in total. The van der Waals surface area contributed by atoms with Crippen LogP contribution < -0.4 is 10.2 Å². The molecule has 0 heterocycles. The molecule has 6 atom stereocenters. The number of rotatable bonds is 11. The Morgan fingerprint density at radius 2 is 1.85 bits per heavy atom. The second kappa shape index (κ2) is 13.5. The number of amides is 1. The third-order valence-electron chi connectivity index (χ3n) is 9.97. The van der Waals surface area contributed by atoms with Crippen molar-refractivity contribution < 1.29 is 33.1 Å². The van der Waals surface area contributed by atoms with Crippen LogP contribution in [0.5, 0.6) is 5.75 Å². The number of nitrogens with two attached hydrogens (primary N) is 1. The Morgan fingerprint density at radius 3 is 2.45 bits per heavy atom. The molecule has 5 rings (SSSR count). The van der Waals surface area contributed by atoms with Gasteiger partial charge in [-0.15, -0.1) is 0 Å². The lowest BCUT2D eigenvalue weighted by molar-refractivity contribution is -0.157. The maximum Gasteiger partial charge on any atom is 0.233 e. The van der Waals surface area contributed by atoms with E-state index in [-0.39, 0.29) is 29.7 Å². The van der Waals surface area contributed by atoms with Crippen LogP contribution in [-0.2, 0) is 33.8 Å². The average Bonchev–Trinajstić information content (AvgIpc) is 3.00. The Morgan fingerprint density at radius 1 is 1.17 bits per heavy atom. The number of fused-ring (bicyclic) bond motifs is 3. The summed E-state index contributed by atoms with van der Waals surface area (Å²) in [6, 6.07) is 10.6. The van der Waals surface area contributed by atoms with E-state index in [1.54, 1.807) is 20.2 Å². The third-order valence-corrected chi connectivity index (χ3v) is 10.7. The number of aliphatic hydroxyl groups is 1. The number of carbonyl (C=O) groups excluding carboxylic acids is 4. The van der Waals surface area contributed by atoms with E-state index >= 15 is 4.39 Å². The van der Waals surface area contributed by atoms with Crippen molar-refractivity contribution in [2.75, 3.05) is 27.2 Å². The molecule has 0 spiro atoms. The lowest BCUT2D eigenvalue weighted by atomic mass is 9.52. The maximum atomic E-state index is 16.6. The molecule has 0 saturated heterocycles. The highest BCUT2D eigenvalue weighted by atomic mass is 28.3. The minimum atomic E-state index is -2.55. The summed E-state index contributed by atoms with van der Waals surface area (Å²) in [6.07, 6.45) is 1.69.